The van der Waals surface area contributed by atoms with Crippen LogP contribution in [0.1, 0.15) is 6.92 Å². The van der Waals surface area contributed by atoms with Gasteiger partial charge in [-0.25, -0.2) is 9.67 Å². The minimum absolute atomic E-state index is 0.00226. The van der Waals surface area contributed by atoms with Crippen molar-refractivity contribution in [2.45, 2.75) is 13.5 Å². The number of hydrogen-bond donors (Lipinski definition) is 2. The lowest BCUT2D eigenvalue weighted by Crippen LogP contribution is -2.19. The van der Waals surface area contributed by atoms with E-state index in [4.69, 9.17) is 22.1 Å². The van der Waals surface area contributed by atoms with Crippen LogP contribution in [0.3, 0.4) is 0 Å². The summed E-state index contributed by atoms with van der Waals surface area (Å²) in [5, 5.41) is 7.06. The Kier molecular flexibility index (Phi) is 4.41. The topological polar surface area (TPSA) is 95.1 Å². The van der Waals surface area contributed by atoms with E-state index in [2.05, 4.69) is 15.4 Å². The number of anilines is 2. The summed E-state index contributed by atoms with van der Waals surface area (Å²) >= 11 is 5.91. The first-order valence-corrected chi connectivity index (χ1v) is 6.33. The zero-order chi connectivity index (χ0) is 14.5. The summed E-state index contributed by atoms with van der Waals surface area (Å²) in [7, 11) is 0. The molecule has 2 aromatic rings. The summed E-state index contributed by atoms with van der Waals surface area (Å²) in [5.74, 6) is 0.400. The summed E-state index contributed by atoms with van der Waals surface area (Å²) in [4.78, 5) is 15.7. The second kappa shape index (κ2) is 6.25. The van der Waals surface area contributed by atoms with Crippen LogP contribution in [-0.4, -0.2) is 27.3 Å². The minimum Gasteiger partial charge on any atom is -0.492 e. The number of rotatable bonds is 5. The summed E-state index contributed by atoms with van der Waals surface area (Å²) in [6, 6.07) is 5.02. The molecule has 1 aromatic heterocycles. The molecular weight excluding hydrogens is 282 g/mol. The molecule has 0 bridgehead atoms. The molecule has 0 fully saturated rings. The standard InChI is InChI=1S/C12H14ClN5O2/c1-2-20-10-4-3-8(13)5-9(10)16-11(19)6-18-7-15-12(14)17-18/h3-5,7H,2,6H2,1H3,(H2,14,17)(H,16,19). The van der Waals surface area contributed by atoms with Crippen LogP contribution in [0, 0.1) is 0 Å². The number of halogens is 1. The van der Waals surface area contributed by atoms with E-state index in [1.807, 2.05) is 6.92 Å². The third-order valence-corrected chi connectivity index (χ3v) is 2.61. The van der Waals surface area contributed by atoms with Crippen LogP contribution in [0.25, 0.3) is 0 Å². The van der Waals surface area contributed by atoms with Crippen molar-refractivity contribution in [2.75, 3.05) is 17.7 Å². The van der Waals surface area contributed by atoms with Gasteiger partial charge in [0.05, 0.1) is 12.3 Å². The number of hydrogen-bond acceptors (Lipinski definition) is 5. The van der Waals surface area contributed by atoms with Crippen LogP contribution in [0.2, 0.25) is 5.02 Å². The average Bonchev–Trinajstić information content (AvgIpc) is 2.78. The van der Waals surface area contributed by atoms with Crippen LogP contribution in [0.5, 0.6) is 5.75 Å². The monoisotopic (exact) mass is 295 g/mol. The number of carbonyl (C=O) groups is 1. The Bertz CT molecular complexity index is 614. The predicted octanol–water partition coefficient (Wildman–Crippen LogP) is 1.55. The van der Waals surface area contributed by atoms with Crippen molar-refractivity contribution in [3.8, 4) is 5.75 Å². The van der Waals surface area contributed by atoms with Gasteiger partial charge >= 0.3 is 0 Å². The lowest BCUT2D eigenvalue weighted by atomic mass is 10.3. The summed E-state index contributed by atoms with van der Waals surface area (Å²) in [6.07, 6.45) is 1.39. The van der Waals surface area contributed by atoms with E-state index in [9.17, 15) is 4.79 Å². The molecule has 0 saturated carbocycles. The molecule has 1 aromatic carbocycles. The number of ether oxygens (including phenoxy) is 1. The first-order valence-electron chi connectivity index (χ1n) is 5.95. The highest BCUT2D eigenvalue weighted by molar-refractivity contribution is 6.31. The Labute approximate surface area is 120 Å². The van der Waals surface area contributed by atoms with Crippen molar-refractivity contribution >= 4 is 29.1 Å². The van der Waals surface area contributed by atoms with Crippen LogP contribution in [-0.2, 0) is 11.3 Å². The minimum atomic E-state index is -0.280. The molecular formula is C12H14ClN5O2. The normalized spacial score (nSPS) is 10.3. The molecule has 0 unspecified atom stereocenters. The number of benzene rings is 1. The first-order chi connectivity index (χ1) is 9.58. The van der Waals surface area contributed by atoms with Crippen molar-refractivity contribution in [1.29, 1.82) is 0 Å². The number of nitrogens with one attached hydrogen (secondary N) is 1. The van der Waals surface area contributed by atoms with E-state index in [0.717, 1.165) is 0 Å². The molecule has 20 heavy (non-hydrogen) atoms. The molecule has 0 aliphatic heterocycles. The second-order valence-corrected chi connectivity index (χ2v) is 4.36. The molecule has 8 heteroatoms. The zero-order valence-electron chi connectivity index (χ0n) is 10.8. The van der Waals surface area contributed by atoms with E-state index < -0.39 is 0 Å². The van der Waals surface area contributed by atoms with E-state index in [-0.39, 0.29) is 18.4 Å². The van der Waals surface area contributed by atoms with Gasteiger partial charge in [-0.15, -0.1) is 5.10 Å². The Morgan fingerprint density at radius 2 is 2.35 bits per heavy atom. The maximum Gasteiger partial charge on any atom is 0.246 e. The Balaban J connectivity index is 2.08. The van der Waals surface area contributed by atoms with Crippen molar-refractivity contribution in [1.82, 2.24) is 14.8 Å². The fourth-order valence-corrected chi connectivity index (χ4v) is 1.78. The van der Waals surface area contributed by atoms with E-state index in [1.165, 1.54) is 11.0 Å². The SMILES string of the molecule is CCOc1ccc(Cl)cc1NC(=O)Cn1cnc(N)n1. The Morgan fingerprint density at radius 1 is 1.55 bits per heavy atom. The number of nitrogens with two attached hydrogens (primary N) is 1. The Morgan fingerprint density at radius 3 is 3.00 bits per heavy atom. The molecule has 3 N–H and O–H groups in total. The van der Waals surface area contributed by atoms with Crippen molar-refractivity contribution in [3.05, 3.63) is 29.5 Å². The molecule has 0 saturated heterocycles. The molecule has 0 radical (unpaired) electrons. The van der Waals surface area contributed by atoms with Gasteiger partial charge in [0, 0.05) is 5.02 Å². The van der Waals surface area contributed by atoms with Crippen LogP contribution >= 0.6 is 11.6 Å². The zero-order valence-corrected chi connectivity index (χ0v) is 11.6. The highest BCUT2D eigenvalue weighted by atomic mass is 35.5. The van der Waals surface area contributed by atoms with E-state index in [0.29, 0.717) is 23.1 Å². The summed E-state index contributed by atoms with van der Waals surface area (Å²) < 4.78 is 6.76. The molecule has 0 spiro atoms. The van der Waals surface area contributed by atoms with Crippen molar-refractivity contribution in [2.24, 2.45) is 0 Å². The number of nitrogen functional groups attached to an aromatic ring is 1. The van der Waals surface area contributed by atoms with Gasteiger partial charge in [0.1, 0.15) is 18.6 Å². The highest BCUT2D eigenvalue weighted by Gasteiger charge is 2.10. The van der Waals surface area contributed by atoms with Crippen molar-refractivity contribution in [3.63, 3.8) is 0 Å². The van der Waals surface area contributed by atoms with Gasteiger partial charge in [-0.2, -0.15) is 0 Å². The molecule has 1 amide bonds. The molecule has 7 nitrogen and oxygen atoms in total. The largest absolute Gasteiger partial charge is 0.492 e. The fourth-order valence-electron chi connectivity index (χ4n) is 1.60. The number of amides is 1. The number of nitrogens with zero attached hydrogens (tertiary/aromatic N) is 3. The molecule has 106 valence electrons. The summed E-state index contributed by atoms with van der Waals surface area (Å²) in [5.41, 5.74) is 5.89. The van der Waals surface area contributed by atoms with Gasteiger partial charge in [-0.1, -0.05) is 11.6 Å². The predicted molar refractivity (Wildman–Crippen MR) is 75.7 cm³/mol. The van der Waals surface area contributed by atoms with Gasteiger partial charge in [0.25, 0.3) is 0 Å². The highest BCUT2D eigenvalue weighted by Crippen LogP contribution is 2.28. The molecule has 2 rings (SSSR count). The smallest absolute Gasteiger partial charge is 0.246 e. The lowest BCUT2D eigenvalue weighted by molar-refractivity contribution is -0.116. The lowest BCUT2D eigenvalue weighted by Gasteiger charge is -2.11. The molecule has 0 aliphatic carbocycles. The van der Waals surface area contributed by atoms with Crippen molar-refractivity contribution < 1.29 is 9.53 Å². The van der Waals surface area contributed by atoms with Crippen LogP contribution in [0.15, 0.2) is 24.5 Å². The maximum atomic E-state index is 11.9. The van der Waals surface area contributed by atoms with Crippen LogP contribution < -0.4 is 15.8 Å². The Hall–Kier alpha value is -2.28. The third-order valence-electron chi connectivity index (χ3n) is 2.38. The molecule has 0 aliphatic rings. The maximum absolute atomic E-state index is 11.9. The van der Waals surface area contributed by atoms with Gasteiger partial charge < -0.3 is 15.8 Å². The molecule has 0 atom stereocenters. The second-order valence-electron chi connectivity index (χ2n) is 3.92. The van der Waals surface area contributed by atoms with Gasteiger partial charge in [-0.3, -0.25) is 4.79 Å². The van der Waals surface area contributed by atoms with E-state index in [1.54, 1.807) is 18.2 Å². The number of aromatic nitrogens is 3. The molecule has 1 heterocycles. The van der Waals surface area contributed by atoms with E-state index >= 15 is 0 Å². The summed E-state index contributed by atoms with van der Waals surface area (Å²) in [6.45, 7) is 2.35. The van der Waals surface area contributed by atoms with Gasteiger partial charge in [-0.05, 0) is 25.1 Å². The quantitative estimate of drug-likeness (QED) is 0.872. The van der Waals surface area contributed by atoms with Gasteiger partial charge in [0.2, 0.25) is 11.9 Å². The third kappa shape index (κ3) is 3.61. The fraction of sp³-hybridized carbons (Fsp3) is 0.250. The average molecular weight is 296 g/mol. The first kappa shape index (κ1) is 14.1. The van der Waals surface area contributed by atoms with Crippen LogP contribution in [0.4, 0.5) is 11.6 Å². The van der Waals surface area contributed by atoms with Gasteiger partial charge in [0.15, 0.2) is 0 Å². The number of carbonyl (C=O) groups excluding carboxylic acids is 1.